The predicted octanol–water partition coefficient (Wildman–Crippen LogP) is 6.55. The van der Waals surface area contributed by atoms with Crippen molar-refractivity contribution in [3.8, 4) is 0 Å². The van der Waals surface area contributed by atoms with Crippen LogP contribution in [0.15, 0.2) is 71.9 Å². The van der Waals surface area contributed by atoms with Gasteiger partial charge in [0.2, 0.25) is 0 Å². The van der Waals surface area contributed by atoms with Gasteiger partial charge in [-0.1, -0.05) is 56.2 Å². The lowest BCUT2D eigenvalue weighted by Gasteiger charge is -2.28. The molecule has 1 atom stereocenters. The van der Waals surface area contributed by atoms with Crippen molar-refractivity contribution in [1.29, 1.82) is 0 Å². The number of hydrogen-bond acceptors (Lipinski definition) is 8. The Morgan fingerprint density at radius 3 is 2.13 bits per heavy atom. The standard InChI is InChI=1S/C34H46N4O6S/c1-8-9-10-14-25-18-20-26(21-19-25)23-28(37-45(41,42)30-17-11-12-22-35-30)27-15-13-16-29(36-27)38(32(40)44-34(5,6)7)24-31(39)43-33(2,3)4/h11-13,15-22,28,37H,8-10,14,23-24H2,1-7H3. The predicted molar refractivity (Wildman–Crippen MR) is 174 cm³/mol. The summed E-state index contributed by atoms with van der Waals surface area (Å²) >= 11 is 0. The quantitative estimate of drug-likeness (QED) is 0.165. The molecule has 45 heavy (non-hydrogen) atoms. The fourth-order valence-electron chi connectivity index (χ4n) is 4.46. The summed E-state index contributed by atoms with van der Waals surface area (Å²) in [5.41, 5.74) is 0.842. The topological polar surface area (TPSA) is 128 Å². The van der Waals surface area contributed by atoms with E-state index < -0.39 is 45.9 Å². The summed E-state index contributed by atoms with van der Waals surface area (Å²) in [6.07, 6.45) is 5.29. The highest BCUT2D eigenvalue weighted by atomic mass is 32.2. The summed E-state index contributed by atoms with van der Waals surface area (Å²) in [5, 5.41) is -0.127. The lowest BCUT2D eigenvalue weighted by molar-refractivity contribution is -0.153. The molecule has 0 radical (unpaired) electrons. The minimum atomic E-state index is -4.04. The molecule has 1 N–H and O–H groups in total. The smallest absolute Gasteiger partial charge is 0.416 e. The summed E-state index contributed by atoms with van der Waals surface area (Å²) in [6, 6.07) is 16.8. The van der Waals surface area contributed by atoms with Crippen molar-refractivity contribution in [2.75, 3.05) is 11.4 Å². The number of rotatable bonds is 13. The Labute approximate surface area is 267 Å². The number of hydrogen-bond donors (Lipinski definition) is 1. The van der Waals surface area contributed by atoms with E-state index in [-0.39, 0.29) is 17.3 Å². The lowest BCUT2D eigenvalue weighted by Crippen LogP contribution is -2.42. The maximum atomic E-state index is 13.4. The highest BCUT2D eigenvalue weighted by Gasteiger charge is 2.30. The molecule has 3 aromatic rings. The zero-order chi connectivity index (χ0) is 33.3. The number of esters is 1. The molecule has 0 spiro atoms. The highest BCUT2D eigenvalue weighted by Crippen LogP contribution is 2.25. The number of carbonyl (C=O) groups is 2. The first-order valence-electron chi connectivity index (χ1n) is 15.3. The van der Waals surface area contributed by atoms with Crippen LogP contribution in [0.4, 0.5) is 10.6 Å². The van der Waals surface area contributed by atoms with Crippen molar-refractivity contribution in [3.63, 3.8) is 0 Å². The molecule has 1 unspecified atom stereocenters. The van der Waals surface area contributed by atoms with Crippen LogP contribution >= 0.6 is 0 Å². The number of nitrogens with zero attached hydrogens (tertiary/aromatic N) is 3. The number of sulfonamides is 1. The SMILES string of the molecule is CCCCCc1ccc(CC(NS(=O)(=O)c2ccccn2)c2cccc(N(CC(=O)OC(C)(C)C)C(=O)OC(C)(C)C)n2)cc1. The molecule has 3 rings (SSSR count). The number of anilines is 1. The van der Waals surface area contributed by atoms with E-state index in [0.29, 0.717) is 5.69 Å². The second kappa shape index (κ2) is 15.4. The molecule has 0 saturated carbocycles. The molecule has 1 amide bonds. The van der Waals surface area contributed by atoms with Gasteiger partial charge in [0.1, 0.15) is 23.6 Å². The zero-order valence-corrected chi connectivity index (χ0v) is 28.2. The minimum absolute atomic E-state index is 0.112. The van der Waals surface area contributed by atoms with Gasteiger partial charge in [0.15, 0.2) is 5.03 Å². The first-order chi connectivity index (χ1) is 21.1. The molecule has 0 aliphatic rings. The Kier molecular flexibility index (Phi) is 12.2. The van der Waals surface area contributed by atoms with E-state index in [2.05, 4.69) is 33.7 Å². The summed E-state index contributed by atoms with van der Waals surface area (Å²) < 4.78 is 40.7. The lowest BCUT2D eigenvalue weighted by atomic mass is 10.0. The maximum absolute atomic E-state index is 13.4. The van der Waals surface area contributed by atoms with Crippen LogP contribution in [-0.4, -0.2) is 48.2 Å². The number of aromatic nitrogens is 2. The summed E-state index contributed by atoms with van der Waals surface area (Å²) in [4.78, 5) is 35.9. The molecule has 2 heterocycles. The summed E-state index contributed by atoms with van der Waals surface area (Å²) in [7, 11) is -4.04. The van der Waals surface area contributed by atoms with Crippen LogP contribution in [0.5, 0.6) is 0 Å². The number of benzene rings is 1. The van der Waals surface area contributed by atoms with Crippen LogP contribution in [0.25, 0.3) is 0 Å². The number of unbranched alkanes of at least 4 members (excludes halogenated alkanes) is 2. The van der Waals surface area contributed by atoms with E-state index in [9.17, 15) is 18.0 Å². The van der Waals surface area contributed by atoms with Crippen LogP contribution in [0, 0.1) is 0 Å². The van der Waals surface area contributed by atoms with Gasteiger partial charge in [-0.3, -0.25) is 9.69 Å². The summed E-state index contributed by atoms with van der Waals surface area (Å²) in [5.74, 6) is -0.534. The largest absolute Gasteiger partial charge is 0.459 e. The summed E-state index contributed by atoms with van der Waals surface area (Å²) in [6.45, 7) is 12.1. The van der Waals surface area contributed by atoms with Crippen LogP contribution in [0.2, 0.25) is 0 Å². The first-order valence-corrected chi connectivity index (χ1v) is 16.7. The molecule has 0 fully saturated rings. The van der Waals surface area contributed by atoms with Gasteiger partial charge in [0.05, 0.1) is 11.7 Å². The second-order valence-corrected chi connectivity index (χ2v) is 14.6. The third kappa shape index (κ3) is 11.9. The van der Waals surface area contributed by atoms with Gasteiger partial charge in [0.25, 0.3) is 10.0 Å². The van der Waals surface area contributed by atoms with E-state index in [1.165, 1.54) is 17.8 Å². The third-order valence-electron chi connectivity index (χ3n) is 6.45. The van der Waals surface area contributed by atoms with Gasteiger partial charge < -0.3 is 9.47 Å². The van der Waals surface area contributed by atoms with E-state index in [4.69, 9.17) is 9.47 Å². The fraction of sp³-hybridized carbons (Fsp3) is 0.471. The number of ether oxygens (including phenoxy) is 2. The molecule has 11 heteroatoms. The molecule has 0 aliphatic heterocycles. The molecule has 0 saturated heterocycles. The van der Waals surface area contributed by atoms with Gasteiger partial charge in [-0.05, 0) is 96.2 Å². The molecule has 244 valence electrons. The van der Waals surface area contributed by atoms with Gasteiger partial charge in [-0.2, -0.15) is 0 Å². The second-order valence-electron chi connectivity index (χ2n) is 12.9. The average Bonchev–Trinajstić information content (AvgIpc) is 2.95. The first kappa shape index (κ1) is 35.6. The van der Waals surface area contributed by atoms with Gasteiger partial charge in [-0.15, -0.1) is 0 Å². The van der Waals surface area contributed by atoms with Crippen molar-refractivity contribution < 1.29 is 27.5 Å². The Morgan fingerprint density at radius 2 is 1.53 bits per heavy atom. The molecule has 0 bridgehead atoms. The van der Waals surface area contributed by atoms with Crippen molar-refractivity contribution in [3.05, 3.63) is 83.7 Å². The molecule has 0 aliphatic carbocycles. The van der Waals surface area contributed by atoms with Crippen LogP contribution in [0.3, 0.4) is 0 Å². The normalized spacial score (nSPS) is 12.8. The van der Waals surface area contributed by atoms with Gasteiger partial charge >= 0.3 is 12.1 Å². The van der Waals surface area contributed by atoms with E-state index >= 15 is 0 Å². The van der Waals surface area contributed by atoms with Crippen LogP contribution in [0.1, 0.15) is 90.6 Å². The number of carbonyl (C=O) groups excluding carboxylic acids is 2. The number of nitrogens with one attached hydrogen (secondary N) is 1. The molecule has 1 aromatic carbocycles. The maximum Gasteiger partial charge on any atom is 0.416 e. The van der Waals surface area contributed by atoms with Crippen molar-refractivity contribution in [2.24, 2.45) is 0 Å². The zero-order valence-electron chi connectivity index (χ0n) is 27.4. The van der Waals surface area contributed by atoms with Gasteiger partial charge in [-0.25, -0.2) is 27.9 Å². The van der Waals surface area contributed by atoms with Crippen molar-refractivity contribution in [2.45, 2.75) is 103 Å². The van der Waals surface area contributed by atoms with Crippen molar-refractivity contribution >= 4 is 27.9 Å². The number of amides is 1. The van der Waals surface area contributed by atoms with E-state index in [1.807, 2.05) is 12.1 Å². The number of pyridine rings is 2. The number of aryl methyl sites for hydroxylation is 1. The Hall–Kier alpha value is -3.83. The van der Waals surface area contributed by atoms with E-state index in [1.54, 1.807) is 71.9 Å². The highest BCUT2D eigenvalue weighted by molar-refractivity contribution is 7.89. The fourth-order valence-corrected chi connectivity index (χ4v) is 5.62. The van der Waals surface area contributed by atoms with E-state index in [0.717, 1.165) is 36.1 Å². The Bertz CT molecular complexity index is 1510. The molecular formula is C34H46N4O6S. The van der Waals surface area contributed by atoms with Crippen LogP contribution < -0.4 is 9.62 Å². The monoisotopic (exact) mass is 638 g/mol. The third-order valence-corrected chi connectivity index (χ3v) is 7.84. The van der Waals surface area contributed by atoms with Gasteiger partial charge in [0, 0.05) is 6.20 Å². The Balaban J connectivity index is 2.00. The molecule has 2 aromatic heterocycles. The molecular weight excluding hydrogens is 592 g/mol. The van der Waals surface area contributed by atoms with Crippen LogP contribution in [-0.2, 0) is 37.1 Å². The minimum Gasteiger partial charge on any atom is -0.459 e. The van der Waals surface area contributed by atoms with Crippen molar-refractivity contribution in [1.82, 2.24) is 14.7 Å². The Morgan fingerprint density at radius 1 is 0.867 bits per heavy atom. The average molecular weight is 639 g/mol. The molecule has 10 nitrogen and oxygen atoms in total.